The number of ether oxygens (including phenoxy) is 1. The molecular formula is C12H13BrF3NO2. The number of carbonyl (C=O) groups is 1. The van der Waals surface area contributed by atoms with Crippen molar-refractivity contribution in [1.29, 1.82) is 0 Å². The fourth-order valence-corrected chi connectivity index (χ4v) is 1.52. The predicted octanol–water partition coefficient (Wildman–Crippen LogP) is 3.49. The van der Waals surface area contributed by atoms with Crippen molar-refractivity contribution in [1.82, 2.24) is 5.32 Å². The number of halogens is 4. The normalized spacial score (nSPS) is 12.9. The molecule has 1 atom stereocenters. The third-order valence-electron chi connectivity index (χ3n) is 2.18. The van der Waals surface area contributed by atoms with Crippen molar-refractivity contribution in [3.05, 3.63) is 29.8 Å². The highest BCUT2D eigenvalue weighted by Crippen LogP contribution is 2.22. The van der Waals surface area contributed by atoms with Gasteiger partial charge in [0.2, 0.25) is 0 Å². The average Bonchev–Trinajstić information content (AvgIpc) is 2.27. The number of amides is 1. The zero-order chi connectivity index (χ0) is 14.5. The minimum absolute atomic E-state index is 0.287. The largest absolute Gasteiger partial charge is 0.573 e. The number of rotatable bonds is 5. The third kappa shape index (κ3) is 6.47. The Kier molecular flexibility index (Phi) is 5.65. The van der Waals surface area contributed by atoms with Gasteiger partial charge in [-0.3, -0.25) is 4.79 Å². The number of alkyl halides is 4. The second-order valence-electron chi connectivity index (χ2n) is 3.90. The van der Waals surface area contributed by atoms with E-state index in [-0.39, 0.29) is 22.0 Å². The fraction of sp³-hybridized carbons (Fsp3) is 0.417. The van der Waals surface area contributed by atoms with Crippen molar-refractivity contribution in [3.63, 3.8) is 0 Å². The highest BCUT2D eigenvalue weighted by atomic mass is 79.9. The molecule has 0 aliphatic carbocycles. The topological polar surface area (TPSA) is 38.3 Å². The van der Waals surface area contributed by atoms with Crippen molar-refractivity contribution in [3.8, 4) is 5.75 Å². The first kappa shape index (κ1) is 15.8. The molecule has 1 aromatic carbocycles. The Morgan fingerprint density at radius 3 is 2.42 bits per heavy atom. The summed E-state index contributed by atoms with van der Waals surface area (Å²) in [7, 11) is 0. The lowest BCUT2D eigenvalue weighted by Crippen LogP contribution is -2.25. The van der Waals surface area contributed by atoms with E-state index in [4.69, 9.17) is 0 Å². The first-order valence-corrected chi connectivity index (χ1v) is 6.47. The molecule has 1 aromatic rings. The highest BCUT2D eigenvalue weighted by molar-refractivity contribution is 9.09. The molecule has 0 aromatic heterocycles. The van der Waals surface area contributed by atoms with E-state index in [1.807, 2.05) is 6.92 Å². The summed E-state index contributed by atoms with van der Waals surface area (Å²) in [6.45, 7) is 2.45. The van der Waals surface area contributed by atoms with E-state index in [1.165, 1.54) is 12.1 Å². The molecule has 106 valence electrons. The van der Waals surface area contributed by atoms with Crippen LogP contribution >= 0.6 is 15.9 Å². The highest BCUT2D eigenvalue weighted by Gasteiger charge is 2.31. The zero-order valence-corrected chi connectivity index (χ0v) is 11.7. The quantitative estimate of drug-likeness (QED) is 0.834. The first-order valence-electron chi connectivity index (χ1n) is 5.56. The molecule has 3 nitrogen and oxygen atoms in total. The van der Waals surface area contributed by atoms with Crippen molar-refractivity contribution in [2.45, 2.75) is 24.5 Å². The van der Waals surface area contributed by atoms with Gasteiger partial charge < -0.3 is 10.1 Å². The third-order valence-corrected chi connectivity index (χ3v) is 2.64. The number of carbonyl (C=O) groups excluding carboxylic acids is 1. The van der Waals surface area contributed by atoms with E-state index >= 15 is 0 Å². The van der Waals surface area contributed by atoms with Gasteiger partial charge >= 0.3 is 6.36 Å². The van der Waals surface area contributed by atoms with Crippen LogP contribution in [0, 0.1) is 0 Å². The van der Waals surface area contributed by atoms with Crippen LogP contribution in [0.3, 0.4) is 0 Å². The second kappa shape index (κ2) is 6.79. The summed E-state index contributed by atoms with van der Waals surface area (Å²) in [6.07, 6.45) is -3.96. The second-order valence-corrected chi connectivity index (χ2v) is 5.46. The monoisotopic (exact) mass is 339 g/mol. The molecule has 19 heavy (non-hydrogen) atoms. The molecule has 0 saturated carbocycles. The van der Waals surface area contributed by atoms with Crippen LogP contribution in [0.1, 0.15) is 23.7 Å². The van der Waals surface area contributed by atoms with Crippen LogP contribution in [-0.4, -0.2) is 23.6 Å². The van der Waals surface area contributed by atoms with E-state index in [2.05, 4.69) is 26.0 Å². The van der Waals surface area contributed by atoms with Gasteiger partial charge in [-0.05, 0) is 30.7 Å². The Balaban J connectivity index is 2.53. The average molecular weight is 340 g/mol. The minimum Gasteiger partial charge on any atom is -0.406 e. The molecular weight excluding hydrogens is 327 g/mol. The molecule has 0 bridgehead atoms. The van der Waals surface area contributed by atoms with Crippen LogP contribution in [0.15, 0.2) is 24.3 Å². The van der Waals surface area contributed by atoms with Crippen molar-refractivity contribution in [2.24, 2.45) is 0 Å². The van der Waals surface area contributed by atoms with Gasteiger partial charge in [-0.15, -0.1) is 13.2 Å². The van der Waals surface area contributed by atoms with Crippen LogP contribution in [-0.2, 0) is 0 Å². The molecule has 0 aliphatic heterocycles. The Labute approximate surface area is 117 Å². The summed E-state index contributed by atoms with van der Waals surface area (Å²) in [6, 6.07) is 4.78. The summed E-state index contributed by atoms with van der Waals surface area (Å²) in [5.74, 6) is -0.676. The molecule has 1 amide bonds. The molecule has 1 unspecified atom stereocenters. The van der Waals surface area contributed by atoms with Gasteiger partial charge in [0.05, 0.1) is 0 Å². The summed E-state index contributed by atoms with van der Waals surface area (Å²) >= 11 is 3.34. The van der Waals surface area contributed by atoms with E-state index in [9.17, 15) is 18.0 Å². The number of benzene rings is 1. The maximum atomic E-state index is 11.9. The molecule has 0 heterocycles. The van der Waals surface area contributed by atoms with Gasteiger partial charge in [-0.1, -0.05) is 22.9 Å². The van der Waals surface area contributed by atoms with Crippen LogP contribution in [0.4, 0.5) is 13.2 Å². The van der Waals surface area contributed by atoms with Gasteiger partial charge in [-0.2, -0.15) is 0 Å². The van der Waals surface area contributed by atoms with Gasteiger partial charge in [0.1, 0.15) is 5.75 Å². The van der Waals surface area contributed by atoms with E-state index < -0.39 is 6.36 Å². The smallest absolute Gasteiger partial charge is 0.406 e. The van der Waals surface area contributed by atoms with E-state index in [0.29, 0.717) is 6.54 Å². The Bertz CT molecular complexity index is 418. The van der Waals surface area contributed by atoms with Crippen molar-refractivity contribution in [2.75, 3.05) is 6.54 Å². The van der Waals surface area contributed by atoms with Crippen molar-refractivity contribution < 1.29 is 22.7 Å². The summed E-state index contributed by atoms with van der Waals surface area (Å²) in [5, 5.41) is 2.67. The first-order chi connectivity index (χ1) is 8.78. The van der Waals surface area contributed by atoms with Crippen LogP contribution in [0.2, 0.25) is 0 Å². The molecule has 7 heteroatoms. The molecule has 1 rings (SSSR count). The van der Waals surface area contributed by atoms with Crippen LogP contribution < -0.4 is 10.1 Å². The zero-order valence-electron chi connectivity index (χ0n) is 10.1. The summed E-state index contributed by atoms with van der Waals surface area (Å²) in [4.78, 5) is 11.9. The lowest BCUT2D eigenvalue weighted by Gasteiger charge is -2.09. The number of hydrogen-bond acceptors (Lipinski definition) is 2. The lowest BCUT2D eigenvalue weighted by molar-refractivity contribution is -0.274. The van der Waals surface area contributed by atoms with Crippen LogP contribution in [0.25, 0.3) is 0 Å². The van der Waals surface area contributed by atoms with Gasteiger partial charge in [-0.25, -0.2) is 0 Å². The maximum absolute atomic E-state index is 11.9. The Morgan fingerprint density at radius 1 is 1.37 bits per heavy atom. The Morgan fingerprint density at radius 2 is 1.95 bits per heavy atom. The van der Waals surface area contributed by atoms with E-state index in [0.717, 1.165) is 18.6 Å². The predicted molar refractivity (Wildman–Crippen MR) is 68.5 cm³/mol. The number of hydrogen-bond donors (Lipinski definition) is 1. The lowest BCUT2D eigenvalue weighted by atomic mass is 10.2. The minimum atomic E-state index is -4.73. The Hall–Kier alpha value is -1.24. The van der Waals surface area contributed by atoms with Gasteiger partial charge in [0.25, 0.3) is 5.91 Å². The van der Waals surface area contributed by atoms with Crippen molar-refractivity contribution >= 4 is 21.8 Å². The van der Waals surface area contributed by atoms with E-state index in [1.54, 1.807) is 0 Å². The SMILES string of the molecule is CC(Br)CCNC(=O)c1ccc(OC(F)(F)F)cc1. The molecule has 0 saturated heterocycles. The summed E-state index contributed by atoms with van der Waals surface area (Å²) < 4.78 is 39.5. The van der Waals surface area contributed by atoms with Gasteiger partial charge in [0.15, 0.2) is 0 Å². The summed E-state index contributed by atoms with van der Waals surface area (Å²) in [5.41, 5.74) is 0.289. The van der Waals surface area contributed by atoms with Gasteiger partial charge in [0, 0.05) is 16.9 Å². The molecule has 0 spiro atoms. The van der Waals surface area contributed by atoms with Crippen LogP contribution in [0.5, 0.6) is 5.75 Å². The maximum Gasteiger partial charge on any atom is 0.573 e. The molecule has 1 N–H and O–H groups in total. The molecule has 0 radical (unpaired) electrons. The molecule has 0 aliphatic rings. The molecule has 0 fully saturated rings. The fourth-order valence-electron chi connectivity index (χ4n) is 1.29. The standard InChI is InChI=1S/C12H13BrF3NO2/c1-8(13)6-7-17-11(18)9-2-4-10(5-3-9)19-12(14,15)16/h2-5,8H,6-7H2,1H3,(H,17,18). The number of nitrogens with one attached hydrogen (secondary N) is 1.